The van der Waals surface area contributed by atoms with Gasteiger partial charge in [-0.3, -0.25) is 19.3 Å². The fourth-order valence-corrected chi connectivity index (χ4v) is 3.43. The molecule has 0 spiro atoms. The number of rotatable bonds is 3. The summed E-state index contributed by atoms with van der Waals surface area (Å²) in [5.41, 5.74) is 1.94. The quantitative estimate of drug-likeness (QED) is 0.782. The molecule has 0 atom stereocenters. The van der Waals surface area contributed by atoms with Crippen molar-refractivity contribution in [2.45, 2.75) is 6.92 Å². The van der Waals surface area contributed by atoms with Crippen LogP contribution in [0.5, 0.6) is 0 Å². The predicted octanol–water partition coefficient (Wildman–Crippen LogP) is 1.89. The topological polar surface area (TPSA) is 66.9 Å². The molecule has 2 fully saturated rings. The minimum absolute atomic E-state index is 0.212. The van der Waals surface area contributed by atoms with Crippen LogP contribution in [-0.2, 0) is 14.3 Å². The van der Waals surface area contributed by atoms with Crippen LogP contribution in [0.4, 0.5) is 4.79 Å². The van der Waals surface area contributed by atoms with E-state index >= 15 is 0 Å². The monoisotopic (exact) mass is 346 g/mol. The van der Waals surface area contributed by atoms with Crippen LogP contribution in [0.15, 0.2) is 29.2 Å². The van der Waals surface area contributed by atoms with E-state index in [1.165, 1.54) is 0 Å². The van der Waals surface area contributed by atoms with Crippen molar-refractivity contribution in [3.63, 3.8) is 0 Å². The van der Waals surface area contributed by atoms with Gasteiger partial charge >= 0.3 is 0 Å². The lowest BCUT2D eigenvalue weighted by Crippen LogP contribution is -2.46. The Morgan fingerprint density at radius 3 is 2.75 bits per heavy atom. The van der Waals surface area contributed by atoms with Gasteiger partial charge in [-0.1, -0.05) is 29.8 Å². The molecule has 0 aromatic heterocycles. The highest BCUT2D eigenvalue weighted by Gasteiger charge is 2.37. The Morgan fingerprint density at radius 1 is 1.29 bits per heavy atom. The number of morpholine rings is 1. The minimum Gasteiger partial charge on any atom is -0.378 e. The Balaban J connectivity index is 1.71. The van der Waals surface area contributed by atoms with Crippen LogP contribution in [0.3, 0.4) is 0 Å². The number of hydrogen-bond acceptors (Lipinski definition) is 5. The number of nitrogens with zero attached hydrogens (tertiary/aromatic N) is 2. The Hall–Kier alpha value is -2.12. The first-order valence-corrected chi connectivity index (χ1v) is 8.54. The number of thioether (sulfide) groups is 1. The SMILES string of the molecule is Cc1cccc(/C=C2/SC(=O)N(CC(=O)N3CCOCC3)C2=O)c1. The number of ether oxygens (including phenoxy) is 1. The molecule has 0 aliphatic carbocycles. The molecule has 24 heavy (non-hydrogen) atoms. The zero-order chi connectivity index (χ0) is 17.1. The van der Waals surface area contributed by atoms with Gasteiger partial charge in [0.2, 0.25) is 5.91 Å². The van der Waals surface area contributed by atoms with E-state index in [1.807, 2.05) is 31.2 Å². The zero-order valence-electron chi connectivity index (χ0n) is 13.4. The van der Waals surface area contributed by atoms with Crippen LogP contribution in [0.25, 0.3) is 6.08 Å². The predicted molar refractivity (Wildman–Crippen MR) is 91.3 cm³/mol. The number of amides is 3. The van der Waals surface area contributed by atoms with Crippen molar-refractivity contribution in [2.24, 2.45) is 0 Å². The molecular weight excluding hydrogens is 328 g/mol. The third kappa shape index (κ3) is 3.68. The van der Waals surface area contributed by atoms with E-state index < -0.39 is 11.1 Å². The van der Waals surface area contributed by atoms with E-state index in [4.69, 9.17) is 4.74 Å². The number of benzene rings is 1. The van der Waals surface area contributed by atoms with E-state index in [0.717, 1.165) is 27.8 Å². The van der Waals surface area contributed by atoms with Crippen molar-refractivity contribution < 1.29 is 19.1 Å². The molecule has 3 rings (SSSR count). The first-order valence-electron chi connectivity index (χ1n) is 7.72. The van der Waals surface area contributed by atoms with Crippen LogP contribution in [-0.4, -0.2) is 59.7 Å². The molecule has 2 heterocycles. The van der Waals surface area contributed by atoms with Gasteiger partial charge in [-0.15, -0.1) is 0 Å². The molecule has 126 valence electrons. The third-order valence-electron chi connectivity index (χ3n) is 3.87. The number of imide groups is 1. The van der Waals surface area contributed by atoms with Crippen molar-refractivity contribution in [1.82, 2.24) is 9.80 Å². The summed E-state index contributed by atoms with van der Waals surface area (Å²) in [6, 6.07) is 7.67. The average Bonchev–Trinajstić information content (AvgIpc) is 2.83. The second-order valence-electron chi connectivity index (χ2n) is 5.68. The molecule has 0 saturated carbocycles. The Labute approximate surface area is 144 Å². The Morgan fingerprint density at radius 2 is 2.04 bits per heavy atom. The molecule has 6 nitrogen and oxygen atoms in total. The Bertz CT molecular complexity index is 710. The lowest BCUT2D eigenvalue weighted by molar-refractivity contribution is -0.139. The van der Waals surface area contributed by atoms with E-state index in [-0.39, 0.29) is 12.5 Å². The maximum Gasteiger partial charge on any atom is 0.294 e. The highest BCUT2D eigenvalue weighted by atomic mass is 32.2. The second kappa shape index (κ2) is 7.19. The third-order valence-corrected chi connectivity index (χ3v) is 4.78. The largest absolute Gasteiger partial charge is 0.378 e. The van der Waals surface area contributed by atoms with Gasteiger partial charge in [-0.2, -0.15) is 0 Å². The highest BCUT2D eigenvalue weighted by Crippen LogP contribution is 2.32. The van der Waals surface area contributed by atoms with E-state index in [1.54, 1.807) is 11.0 Å². The molecule has 0 N–H and O–H groups in total. The lowest BCUT2D eigenvalue weighted by atomic mass is 10.1. The molecule has 7 heteroatoms. The van der Waals surface area contributed by atoms with Gasteiger partial charge in [-0.25, -0.2) is 0 Å². The van der Waals surface area contributed by atoms with Gasteiger partial charge in [0, 0.05) is 13.1 Å². The summed E-state index contributed by atoms with van der Waals surface area (Å²) >= 11 is 0.874. The van der Waals surface area contributed by atoms with Gasteiger partial charge in [0.1, 0.15) is 6.54 Å². The van der Waals surface area contributed by atoms with E-state index in [9.17, 15) is 14.4 Å². The van der Waals surface area contributed by atoms with Crippen molar-refractivity contribution >= 4 is 34.9 Å². The number of carbonyl (C=O) groups excluding carboxylic acids is 3. The van der Waals surface area contributed by atoms with E-state index in [2.05, 4.69) is 0 Å². The fourth-order valence-electron chi connectivity index (χ4n) is 2.60. The van der Waals surface area contributed by atoms with Gasteiger partial charge in [0.15, 0.2) is 0 Å². The molecule has 2 aliphatic heterocycles. The molecule has 3 amide bonds. The molecular formula is C17H18N2O4S. The summed E-state index contributed by atoms with van der Waals surface area (Å²) in [6.07, 6.45) is 1.69. The Kier molecular flexibility index (Phi) is 5.01. The molecule has 1 aromatic rings. The first kappa shape index (κ1) is 16.7. The van der Waals surface area contributed by atoms with Crippen LogP contribution < -0.4 is 0 Å². The molecule has 1 aromatic carbocycles. The lowest BCUT2D eigenvalue weighted by Gasteiger charge is -2.28. The summed E-state index contributed by atoms with van der Waals surface area (Å²) in [5, 5.41) is -0.402. The molecule has 0 bridgehead atoms. The summed E-state index contributed by atoms with van der Waals surface area (Å²) in [6.45, 7) is 3.71. The smallest absolute Gasteiger partial charge is 0.294 e. The van der Waals surface area contributed by atoms with Crippen LogP contribution in [0, 0.1) is 6.92 Å². The van der Waals surface area contributed by atoms with Crippen molar-refractivity contribution in [3.05, 3.63) is 40.3 Å². The molecule has 0 unspecified atom stereocenters. The van der Waals surface area contributed by atoms with Crippen LogP contribution >= 0.6 is 11.8 Å². The highest BCUT2D eigenvalue weighted by molar-refractivity contribution is 8.18. The second-order valence-corrected chi connectivity index (χ2v) is 6.67. The van der Waals surface area contributed by atoms with Crippen molar-refractivity contribution in [3.8, 4) is 0 Å². The number of hydrogen-bond donors (Lipinski definition) is 0. The molecule has 0 radical (unpaired) electrons. The average molecular weight is 346 g/mol. The number of carbonyl (C=O) groups is 3. The standard InChI is InChI=1S/C17H18N2O4S/c1-12-3-2-4-13(9-12)10-14-16(21)19(17(22)24-14)11-15(20)18-5-7-23-8-6-18/h2-4,9-10H,5-8,11H2,1H3/b14-10+. The van der Waals surface area contributed by atoms with Gasteiger partial charge in [0.05, 0.1) is 18.1 Å². The normalized spacial score (nSPS) is 20.1. The van der Waals surface area contributed by atoms with Crippen molar-refractivity contribution in [2.75, 3.05) is 32.8 Å². The fraction of sp³-hybridized carbons (Fsp3) is 0.353. The maximum atomic E-state index is 12.4. The van der Waals surface area contributed by atoms with E-state index in [0.29, 0.717) is 31.2 Å². The summed E-state index contributed by atoms with van der Waals surface area (Å²) < 4.78 is 5.20. The maximum absolute atomic E-state index is 12.4. The van der Waals surface area contributed by atoms with Gasteiger partial charge in [-0.05, 0) is 30.3 Å². The first-order chi connectivity index (χ1) is 11.5. The summed E-state index contributed by atoms with van der Waals surface area (Å²) in [7, 11) is 0. The zero-order valence-corrected chi connectivity index (χ0v) is 14.2. The number of aryl methyl sites for hydroxylation is 1. The van der Waals surface area contributed by atoms with Crippen molar-refractivity contribution in [1.29, 1.82) is 0 Å². The van der Waals surface area contributed by atoms with Crippen LogP contribution in [0.2, 0.25) is 0 Å². The molecule has 2 saturated heterocycles. The van der Waals surface area contributed by atoms with Crippen LogP contribution in [0.1, 0.15) is 11.1 Å². The van der Waals surface area contributed by atoms with Gasteiger partial charge < -0.3 is 9.64 Å². The summed E-state index contributed by atoms with van der Waals surface area (Å²) in [5.74, 6) is -0.634. The molecule has 2 aliphatic rings. The van der Waals surface area contributed by atoms with Gasteiger partial charge in [0.25, 0.3) is 11.1 Å². The minimum atomic E-state index is -0.409. The summed E-state index contributed by atoms with van der Waals surface area (Å²) in [4.78, 5) is 39.8.